The van der Waals surface area contributed by atoms with E-state index in [9.17, 15) is 4.79 Å². The van der Waals surface area contributed by atoms with Gasteiger partial charge in [0.1, 0.15) is 5.82 Å². The first-order chi connectivity index (χ1) is 8.61. The lowest BCUT2D eigenvalue weighted by molar-refractivity contribution is -0.144. The van der Waals surface area contributed by atoms with Crippen molar-refractivity contribution in [1.82, 2.24) is 4.98 Å². The van der Waals surface area contributed by atoms with Crippen molar-refractivity contribution < 1.29 is 9.53 Å². The maximum Gasteiger partial charge on any atom is 0.310 e. The van der Waals surface area contributed by atoms with Crippen LogP contribution in [0.5, 0.6) is 0 Å². The molecule has 0 saturated heterocycles. The van der Waals surface area contributed by atoms with Gasteiger partial charge in [0.15, 0.2) is 0 Å². The van der Waals surface area contributed by atoms with Crippen LogP contribution in [0.2, 0.25) is 0 Å². The summed E-state index contributed by atoms with van der Waals surface area (Å²) in [5.74, 6) is 0.615. The van der Waals surface area contributed by atoms with Crippen molar-refractivity contribution in [3.63, 3.8) is 0 Å². The highest BCUT2D eigenvalue weighted by Gasteiger charge is 2.18. The van der Waals surface area contributed by atoms with Crippen molar-refractivity contribution in [2.75, 3.05) is 25.6 Å². The van der Waals surface area contributed by atoms with E-state index in [1.165, 1.54) is 24.8 Å². The zero-order valence-corrected chi connectivity index (χ0v) is 11.3. The second-order valence-electron chi connectivity index (χ2n) is 4.93. The normalized spacial score (nSPS) is 15.1. The first kappa shape index (κ1) is 12.9. The smallest absolute Gasteiger partial charge is 0.310 e. The zero-order valence-electron chi connectivity index (χ0n) is 11.3. The average Bonchev–Trinajstić information content (AvgIpc) is 2.84. The van der Waals surface area contributed by atoms with Crippen LogP contribution in [0.3, 0.4) is 0 Å². The molecule has 0 spiro atoms. The Morgan fingerprint density at radius 3 is 3.00 bits per heavy atom. The summed E-state index contributed by atoms with van der Waals surface area (Å²) in [6.07, 6.45) is 3.42. The van der Waals surface area contributed by atoms with E-state index < -0.39 is 0 Å². The number of carbonyl (C=O) groups is 1. The third-order valence-corrected chi connectivity index (χ3v) is 3.46. The van der Waals surface area contributed by atoms with Crippen molar-refractivity contribution in [2.24, 2.45) is 5.92 Å². The van der Waals surface area contributed by atoms with Crippen LogP contribution in [0.25, 0.3) is 0 Å². The van der Waals surface area contributed by atoms with Gasteiger partial charge in [-0.1, -0.05) is 13.0 Å². The monoisotopic (exact) mass is 248 g/mol. The lowest BCUT2D eigenvalue weighted by atomic mass is 10.1. The molecule has 0 saturated carbocycles. The SMILES string of the molecule is COC(=O)C(C)CN(C)c1ccc2c(n1)CCC2. The minimum Gasteiger partial charge on any atom is -0.469 e. The van der Waals surface area contributed by atoms with Gasteiger partial charge in [-0.25, -0.2) is 4.98 Å². The Hall–Kier alpha value is -1.58. The fraction of sp³-hybridized carbons (Fsp3) is 0.571. The van der Waals surface area contributed by atoms with Gasteiger partial charge < -0.3 is 9.64 Å². The molecule has 98 valence electrons. The molecule has 0 aromatic carbocycles. The number of hydrogen-bond donors (Lipinski definition) is 0. The van der Waals surface area contributed by atoms with Crippen LogP contribution in [-0.4, -0.2) is 31.7 Å². The topological polar surface area (TPSA) is 42.4 Å². The molecular weight excluding hydrogens is 228 g/mol. The highest BCUT2D eigenvalue weighted by Crippen LogP contribution is 2.23. The molecule has 0 bridgehead atoms. The van der Waals surface area contributed by atoms with Gasteiger partial charge in [0.2, 0.25) is 0 Å². The lowest BCUT2D eigenvalue weighted by Gasteiger charge is -2.21. The lowest BCUT2D eigenvalue weighted by Crippen LogP contribution is -2.29. The highest BCUT2D eigenvalue weighted by molar-refractivity contribution is 5.72. The van der Waals surface area contributed by atoms with E-state index in [4.69, 9.17) is 4.74 Å². The van der Waals surface area contributed by atoms with E-state index in [-0.39, 0.29) is 11.9 Å². The summed E-state index contributed by atoms with van der Waals surface area (Å²) in [7, 11) is 3.38. The van der Waals surface area contributed by atoms with E-state index in [0.717, 1.165) is 18.7 Å². The van der Waals surface area contributed by atoms with E-state index in [1.807, 2.05) is 24.9 Å². The van der Waals surface area contributed by atoms with Gasteiger partial charge in [-0.3, -0.25) is 4.79 Å². The van der Waals surface area contributed by atoms with Gasteiger partial charge >= 0.3 is 5.97 Å². The summed E-state index contributed by atoms with van der Waals surface area (Å²) in [6, 6.07) is 4.19. The Bertz CT molecular complexity index is 445. The van der Waals surface area contributed by atoms with Crippen LogP contribution in [0.4, 0.5) is 5.82 Å². The van der Waals surface area contributed by atoms with Crippen molar-refractivity contribution in [1.29, 1.82) is 0 Å². The molecule has 1 aliphatic carbocycles. The first-order valence-electron chi connectivity index (χ1n) is 6.39. The minimum absolute atomic E-state index is 0.143. The maximum atomic E-state index is 11.4. The molecule has 18 heavy (non-hydrogen) atoms. The number of fused-ring (bicyclic) bond motifs is 1. The largest absolute Gasteiger partial charge is 0.469 e. The van der Waals surface area contributed by atoms with Gasteiger partial charge in [0, 0.05) is 19.3 Å². The number of pyridine rings is 1. The Labute approximate surface area is 108 Å². The molecule has 0 aliphatic heterocycles. The molecule has 0 fully saturated rings. The fourth-order valence-electron chi connectivity index (χ4n) is 2.40. The molecule has 1 atom stereocenters. The maximum absolute atomic E-state index is 11.4. The molecule has 1 aliphatic rings. The second kappa shape index (κ2) is 5.38. The summed E-state index contributed by atoms with van der Waals surface area (Å²) in [6.45, 7) is 2.49. The highest BCUT2D eigenvalue weighted by atomic mass is 16.5. The number of carbonyl (C=O) groups excluding carboxylic acids is 1. The van der Waals surface area contributed by atoms with Crippen molar-refractivity contribution in [3.05, 3.63) is 23.4 Å². The molecule has 2 rings (SSSR count). The fourth-order valence-corrected chi connectivity index (χ4v) is 2.40. The standard InChI is InChI=1S/C14H20N2O2/c1-10(14(17)18-3)9-16(2)13-8-7-11-5-4-6-12(11)15-13/h7-8,10H,4-6,9H2,1-3H3. The number of aromatic nitrogens is 1. The first-order valence-corrected chi connectivity index (χ1v) is 6.39. The van der Waals surface area contributed by atoms with Crippen LogP contribution in [0.1, 0.15) is 24.6 Å². The third kappa shape index (κ3) is 2.63. The molecule has 1 aromatic rings. The predicted octanol–water partition coefficient (Wildman–Crippen LogP) is 1.82. The summed E-state index contributed by atoms with van der Waals surface area (Å²) >= 11 is 0. The number of nitrogens with zero attached hydrogens (tertiary/aromatic N) is 2. The number of hydrogen-bond acceptors (Lipinski definition) is 4. The molecule has 0 N–H and O–H groups in total. The molecule has 1 heterocycles. The number of ether oxygens (including phenoxy) is 1. The van der Waals surface area contributed by atoms with Crippen molar-refractivity contribution >= 4 is 11.8 Å². The number of methoxy groups -OCH3 is 1. The molecule has 0 radical (unpaired) electrons. The Kier molecular flexibility index (Phi) is 3.84. The van der Waals surface area contributed by atoms with E-state index >= 15 is 0 Å². The Morgan fingerprint density at radius 2 is 2.28 bits per heavy atom. The summed E-state index contributed by atoms with van der Waals surface area (Å²) in [4.78, 5) is 18.1. The second-order valence-corrected chi connectivity index (χ2v) is 4.93. The van der Waals surface area contributed by atoms with Crippen LogP contribution in [-0.2, 0) is 22.4 Å². The quantitative estimate of drug-likeness (QED) is 0.762. The molecule has 4 heteroatoms. The van der Waals surface area contributed by atoms with Gasteiger partial charge in [0.25, 0.3) is 0 Å². The predicted molar refractivity (Wildman–Crippen MR) is 70.7 cm³/mol. The van der Waals surface area contributed by atoms with Crippen LogP contribution in [0.15, 0.2) is 12.1 Å². The minimum atomic E-state index is -0.178. The molecule has 4 nitrogen and oxygen atoms in total. The molecule has 1 aromatic heterocycles. The number of anilines is 1. The average molecular weight is 248 g/mol. The van der Waals surface area contributed by atoms with Gasteiger partial charge in [-0.2, -0.15) is 0 Å². The van der Waals surface area contributed by atoms with Gasteiger partial charge in [0.05, 0.1) is 13.0 Å². The molecule has 1 unspecified atom stereocenters. The van der Waals surface area contributed by atoms with E-state index in [0.29, 0.717) is 6.54 Å². The zero-order chi connectivity index (χ0) is 13.1. The van der Waals surface area contributed by atoms with Crippen molar-refractivity contribution in [3.8, 4) is 0 Å². The van der Waals surface area contributed by atoms with Crippen molar-refractivity contribution in [2.45, 2.75) is 26.2 Å². The summed E-state index contributed by atoms with van der Waals surface area (Å²) < 4.78 is 4.74. The Balaban J connectivity index is 2.05. The number of esters is 1. The number of rotatable bonds is 4. The van der Waals surface area contributed by atoms with Crippen LogP contribution < -0.4 is 4.90 Å². The van der Waals surface area contributed by atoms with E-state index in [2.05, 4.69) is 11.1 Å². The van der Waals surface area contributed by atoms with Crippen LogP contribution in [0, 0.1) is 5.92 Å². The summed E-state index contributed by atoms with van der Waals surface area (Å²) in [5, 5.41) is 0. The summed E-state index contributed by atoms with van der Waals surface area (Å²) in [5.41, 5.74) is 2.58. The van der Waals surface area contributed by atoms with Gasteiger partial charge in [-0.05, 0) is 30.9 Å². The Morgan fingerprint density at radius 1 is 1.50 bits per heavy atom. The molecule has 0 amide bonds. The van der Waals surface area contributed by atoms with Crippen LogP contribution >= 0.6 is 0 Å². The third-order valence-electron chi connectivity index (χ3n) is 3.46. The van der Waals surface area contributed by atoms with E-state index in [1.54, 1.807) is 0 Å². The number of aryl methyl sites for hydroxylation is 2. The molecular formula is C14H20N2O2. The van der Waals surface area contributed by atoms with Gasteiger partial charge in [-0.15, -0.1) is 0 Å².